The van der Waals surface area contributed by atoms with Gasteiger partial charge in [-0.25, -0.2) is 0 Å². The molecular formula is C18H14Cl2N4O2. The number of nitriles is 1. The van der Waals surface area contributed by atoms with E-state index in [1.165, 1.54) is 19.2 Å². The number of nitrogens with one attached hydrogen (secondary N) is 3. The normalized spacial score (nSPS) is 10.6. The Morgan fingerprint density at radius 1 is 1.04 bits per heavy atom. The molecule has 0 aliphatic rings. The van der Waals surface area contributed by atoms with Gasteiger partial charge in [0.05, 0.1) is 10.7 Å². The van der Waals surface area contributed by atoms with Crippen molar-refractivity contribution in [3.63, 3.8) is 0 Å². The number of halogens is 2. The predicted octanol–water partition coefficient (Wildman–Crippen LogP) is 4.41. The number of carbonyl (C=O) groups excluding carboxylic acids is 2. The smallest absolute Gasteiger partial charge is 0.267 e. The van der Waals surface area contributed by atoms with Gasteiger partial charge < -0.3 is 16.0 Å². The van der Waals surface area contributed by atoms with Crippen LogP contribution in [-0.2, 0) is 9.59 Å². The maximum atomic E-state index is 12.2. The third kappa shape index (κ3) is 5.52. The fraction of sp³-hybridized carbons (Fsp3) is 0.0556. The van der Waals surface area contributed by atoms with Crippen LogP contribution in [0.2, 0.25) is 10.0 Å². The molecule has 0 aliphatic carbocycles. The quantitative estimate of drug-likeness (QED) is 0.522. The highest BCUT2D eigenvalue weighted by Crippen LogP contribution is 2.25. The van der Waals surface area contributed by atoms with Gasteiger partial charge in [0.15, 0.2) is 0 Å². The second-order valence-corrected chi connectivity index (χ2v) is 5.99. The summed E-state index contributed by atoms with van der Waals surface area (Å²) in [6, 6.07) is 13.2. The molecule has 0 saturated carbocycles. The Labute approximate surface area is 160 Å². The van der Waals surface area contributed by atoms with Crippen LogP contribution in [0.25, 0.3) is 0 Å². The molecule has 0 saturated heterocycles. The third-order valence-corrected chi connectivity index (χ3v) is 3.69. The van der Waals surface area contributed by atoms with Gasteiger partial charge in [-0.05, 0) is 42.5 Å². The van der Waals surface area contributed by atoms with Gasteiger partial charge in [0, 0.05) is 29.5 Å². The lowest BCUT2D eigenvalue weighted by molar-refractivity contribution is -0.114. The van der Waals surface area contributed by atoms with Gasteiger partial charge in [0.1, 0.15) is 11.6 Å². The SMILES string of the molecule is CC(=O)Nc1ccc(N/C=C(/C#N)C(=O)Nc2cc(Cl)ccc2Cl)cc1. The summed E-state index contributed by atoms with van der Waals surface area (Å²) in [6.07, 6.45) is 1.28. The van der Waals surface area contributed by atoms with Gasteiger partial charge >= 0.3 is 0 Å². The summed E-state index contributed by atoms with van der Waals surface area (Å²) < 4.78 is 0. The number of hydrogen-bond donors (Lipinski definition) is 3. The molecule has 0 fully saturated rings. The van der Waals surface area contributed by atoms with Crippen molar-refractivity contribution >= 4 is 52.1 Å². The second-order valence-electron chi connectivity index (χ2n) is 5.15. The highest BCUT2D eigenvalue weighted by molar-refractivity contribution is 6.36. The lowest BCUT2D eigenvalue weighted by atomic mass is 10.2. The van der Waals surface area contributed by atoms with Gasteiger partial charge in [0.25, 0.3) is 5.91 Å². The molecule has 0 atom stereocenters. The minimum atomic E-state index is -0.626. The summed E-state index contributed by atoms with van der Waals surface area (Å²) in [5.41, 5.74) is 1.44. The standard InChI is InChI=1S/C18H14Cl2N4O2/c1-11(25)23-15-5-3-14(4-6-15)22-10-12(9-21)18(26)24-17-8-13(19)2-7-16(17)20/h2-8,10,22H,1H3,(H,23,25)(H,24,26)/b12-10-. The molecule has 0 spiro atoms. The van der Waals surface area contributed by atoms with Gasteiger partial charge in [-0.3, -0.25) is 9.59 Å². The first-order chi connectivity index (χ1) is 12.4. The van der Waals surface area contributed by atoms with Gasteiger partial charge in [0.2, 0.25) is 5.91 Å². The van der Waals surface area contributed by atoms with E-state index in [4.69, 9.17) is 23.2 Å². The Kier molecular flexibility index (Phi) is 6.61. The number of carbonyl (C=O) groups is 2. The lowest BCUT2D eigenvalue weighted by Gasteiger charge is -2.08. The Morgan fingerprint density at radius 3 is 2.31 bits per heavy atom. The molecule has 0 radical (unpaired) electrons. The van der Waals surface area contributed by atoms with Crippen molar-refractivity contribution in [2.75, 3.05) is 16.0 Å². The number of benzene rings is 2. The van der Waals surface area contributed by atoms with E-state index >= 15 is 0 Å². The van der Waals surface area contributed by atoms with Crippen LogP contribution in [-0.4, -0.2) is 11.8 Å². The van der Waals surface area contributed by atoms with Gasteiger partial charge in [-0.1, -0.05) is 23.2 Å². The van der Waals surface area contributed by atoms with Crippen molar-refractivity contribution in [3.05, 3.63) is 64.3 Å². The summed E-state index contributed by atoms with van der Waals surface area (Å²) in [7, 11) is 0. The van der Waals surface area contributed by atoms with E-state index < -0.39 is 5.91 Å². The molecule has 132 valence electrons. The molecular weight excluding hydrogens is 375 g/mol. The first kappa shape index (κ1) is 19.3. The van der Waals surface area contributed by atoms with Crippen LogP contribution in [0.1, 0.15) is 6.92 Å². The van der Waals surface area contributed by atoms with E-state index in [0.717, 1.165) is 0 Å². The molecule has 2 amide bonds. The molecule has 0 aromatic heterocycles. The molecule has 2 aromatic carbocycles. The molecule has 0 unspecified atom stereocenters. The van der Waals surface area contributed by atoms with Crippen molar-refractivity contribution < 1.29 is 9.59 Å². The molecule has 2 rings (SSSR count). The maximum Gasteiger partial charge on any atom is 0.267 e. The average molecular weight is 389 g/mol. The summed E-state index contributed by atoms with van der Waals surface area (Å²) in [4.78, 5) is 23.2. The number of amides is 2. The first-order valence-electron chi connectivity index (χ1n) is 7.40. The van der Waals surface area contributed by atoms with E-state index in [1.54, 1.807) is 36.4 Å². The third-order valence-electron chi connectivity index (χ3n) is 3.13. The lowest BCUT2D eigenvalue weighted by Crippen LogP contribution is -2.14. The largest absolute Gasteiger partial charge is 0.360 e. The Balaban J connectivity index is 2.07. The topological polar surface area (TPSA) is 94.0 Å². The van der Waals surface area contributed by atoms with Crippen molar-refractivity contribution in [2.24, 2.45) is 0 Å². The molecule has 2 aromatic rings. The van der Waals surface area contributed by atoms with E-state index in [9.17, 15) is 14.9 Å². The number of anilines is 3. The molecule has 0 heterocycles. The Bertz CT molecular complexity index is 902. The van der Waals surface area contributed by atoms with Gasteiger partial charge in [-0.2, -0.15) is 5.26 Å². The van der Waals surface area contributed by atoms with Crippen LogP contribution < -0.4 is 16.0 Å². The van der Waals surface area contributed by atoms with Crippen LogP contribution >= 0.6 is 23.2 Å². The molecule has 8 heteroatoms. The van der Waals surface area contributed by atoms with Crippen LogP contribution in [0.15, 0.2) is 54.2 Å². The summed E-state index contributed by atoms with van der Waals surface area (Å²) in [6.45, 7) is 1.42. The molecule has 26 heavy (non-hydrogen) atoms. The number of hydrogen-bond acceptors (Lipinski definition) is 4. The van der Waals surface area contributed by atoms with Crippen molar-refractivity contribution in [2.45, 2.75) is 6.92 Å². The van der Waals surface area contributed by atoms with E-state index in [0.29, 0.717) is 27.1 Å². The van der Waals surface area contributed by atoms with E-state index in [1.807, 2.05) is 6.07 Å². The van der Waals surface area contributed by atoms with Crippen molar-refractivity contribution in [3.8, 4) is 6.07 Å². The maximum absolute atomic E-state index is 12.2. The van der Waals surface area contributed by atoms with E-state index in [2.05, 4.69) is 16.0 Å². The zero-order chi connectivity index (χ0) is 19.1. The first-order valence-corrected chi connectivity index (χ1v) is 8.15. The fourth-order valence-corrected chi connectivity index (χ4v) is 2.28. The number of nitrogens with zero attached hydrogens (tertiary/aromatic N) is 1. The summed E-state index contributed by atoms with van der Waals surface area (Å²) >= 11 is 11.9. The molecule has 6 nitrogen and oxygen atoms in total. The van der Waals surface area contributed by atoms with Crippen LogP contribution in [0.3, 0.4) is 0 Å². The Hall–Kier alpha value is -3.01. The second kappa shape index (κ2) is 8.90. The minimum absolute atomic E-state index is 0.146. The zero-order valence-electron chi connectivity index (χ0n) is 13.6. The van der Waals surface area contributed by atoms with Crippen molar-refractivity contribution in [1.29, 1.82) is 5.26 Å². The van der Waals surface area contributed by atoms with Crippen LogP contribution in [0, 0.1) is 11.3 Å². The molecule has 0 aliphatic heterocycles. The molecule has 3 N–H and O–H groups in total. The Morgan fingerprint density at radius 2 is 1.69 bits per heavy atom. The molecule has 0 bridgehead atoms. The zero-order valence-corrected chi connectivity index (χ0v) is 15.2. The highest BCUT2D eigenvalue weighted by atomic mass is 35.5. The van der Waals surface area contributed by atoms with Crippen molar-refractivity contribution in [1.82, 2.24) is 0 Å². The summed E-state index contributed by atoms with van der Waals surface area (Å²) in [5, 5.41) is 17.9. The minimum Gasteiger partial charge on any atom is -0.360 e. The monoisotopic (exact) mass is 388 g/mol. The highest BCUT2D eigenvalue weighted by Gasteiger charge is 2.11. The number of rotatable bonds is 5. The van der Waals surface area contributed by atoms with Crippen LogP contribution in [0.4, 0.5) is 17.1 Å². The van der Waals surface area contributed by atoms with Gasteiger partial charge in [-0.15, -0.1) is 0 Å². The fourth-order valence-electron chi connectivity index (χ4n) is 1.94. The summed E-state index contributed by atoms with van der Waals surface area (Å²) in [5.74, 6) is -0.798. The average Bonchev–Trinajstić information content (AvgIpc) is 2.59. The van der Waals surface area contributed by atoms with E-state index in [-0.39, 0.29) is 11.5 Å². The van der Waals surface area contributed by atoms with Crippen LogP contribution in [0.5, 0.6) is 0 Å². The predicted molar refractivity (Wildman–Crippen MR) is 103 cm³/mol.